The van der Waals surface area contributed by atoms with Gasteiger partial charge in [-0.25, -0.2) is 0 Å². The Hall–Kier alpha value is -0.470. The summed E-state index contributed by atoms with van der Waals surface area (Å²) in [6, 6.07) is 9.70. The van der Waals surface area contributed by atoms with Crippen LogP contribution in [-0.4, -0.2) is 17.8 Å². The van der Waals surface area contributed by atoms with Crippen LogP contribution >= 0.6 is 11.8 Å². The van der Waals surface area contributed by atoms with Gasteiger partial charge in [0, 0.05) is 22.7 Å². The quantitative estimate of drug-likeness (QED) is 0.667. The molecule has 0 aliphatic rings. The molecule has 1 N–H and O–H groups in total. The average molecular weight is 279 g/mol. The first-order valence-corrected chi connectivity index (χ1v) is 8.44. The van der Waals surface area contributed by atoms with Crippen molar-refractivity contribution in [1.82, 2.24) is 5.32 Å². The smallest absolute Gasteiger partial charge is 0.0191 e. The summed E-state index contributed by atoms with van der Waals surface area (Å²) in [5.41, 5.74) is 1.42. The molecule has 0 radical (unpaired) electrons. The minimum Gasteiger partial charge on any atom is -0.313 e. The van der Waals surface area contributed by atoms with Gasteiger partial charge in [0.05, 0.1) is 0 Å². The van der Waals surface area contributed by atoms with Crippen molar-refractivity contribution in [1.29, 1.82) is 0 Å². The molecule has 1 rings (SSSR count). The number of thioether (sulfide) groups is 1. The molecular weight excluding hydrogens is 250 g/mol. The summed E-state index contributed by atoms with van der Waals surface area (Å²) >= 11 is 1.96. The third-order valence-corrected chi connectivity index (χ3v) is 4.68. The highest BCUT2D eigenvalue weighted by molar-refractivity contribution is 8.00. The summed E-state index contributed by atoms with van der Waals surface area (Å²) in [5.74, 6) is 0.619. The predicted molar refractivity (Wildman–Crippen MR) is 88.2 cm³/mol. The fourth-order valence-corrected chi connectivity index (χ4v) is 3.05. The minimum absolute atomic E-state index is 0.616. The summed E-state index contributed by atoms with van der Waals surface area (Å²) in [6.07, 6.45) is 2.44. The van der Waals surface area contributed by atoms with Crippen LogP contribution in [0.15, 0.2) is 29.2 Å². The lowest BCUT2D eigenvalue weighted by Crippen LogP contribution is -2.32. The van der Waals surface area contributed by atoms with Crippen molar-refractivity contribution < 1.29 is 0 Å². The number of hydrogen-bond acceptors (Lipinski definition) is 2. The molecule has 0 saturated carbocycles. The molecule has 0 fully saturated rings. The van der Waals surface area contributed by atoms with Crippen molar-refractivity contribution in [2.75, 3.05) is 6.54 Å². The zero-order valence-corrected chi connectivity index (χ0v) is 13.9. The van der Waals surface area contributed by atoms with Crippen molar-refractivity contribution in [3.05, 3.63) is 29.8 Å². The SMILES string of the molecule is CCC(CC)NCC(C)Sc1ccc(C(C)C)cc1. The van der Waals surface area contributed by atoms with E-state index in [2.05, 4.69) is 64.2 Å². The molecule has 1 nitrogen and oxygen atoms in total. The topological polar surface area (TPSA) is 12.0 Å². The van der Waals surface area contributed by atoms with Crippen LogP contribution in [0, 0.1) is 0 Å². The van der Waals surface area contributed by atoms with Gasteiger partial charge >= 0.3 is 0 Å². The van der Waals surface area contributed by atoms with Gasteiger partial charge in [0.2, 0.25) is 0 Å². The number of nitrogens with one attached hydrogen (secondary N) is 1. The lowest BCUT2D eigenvalue weighted by atomic mass is 10.0. The van der Waals surface area contributed by atoms with E-state index in [0.717, 1.165) is 6.54 Å². The second-order valence-electron chi connectivity index (χ2n) is 5.57. The van der Waals surface area contributed by atoms with Crippen LogP contribution in [0.4, 0.5) is 0 Å². The highest BCUT2D eigenvalue weighted by atomic mass is 32.2. The van der Waals surface area contributed by atoms with E-state index >= 15 is 0 Å². The Morgan fingerprint density at radius 2 is 1.58 bits per heavy atom. The molecule has 19 heavy (non-hydrogen) atoms. The van der Waals surface area contributed by atoms with Crippen molar-refractivity contribution in [3.8, 4) is 0 Å². The molecule has 0 amide bonds. The molecule has 0 aliphatic heterocycles. The Morgan fingerprint density at radius 3 is 2.05 bits per heavy atom. The minimum atomic E-state index is 0.616. The first-order chi connectivity index (χ1) is 9.06. The molecule has 0 aliphatic carbocycles. The van der Waals surface area contributed by atoms with Gasteiger partial charge in [0.25, 0.3) is 0 Å². The standard InChI is InChI=1S/C17H29NS/c1-6-16(7-2)18-12-14(5)19-17-10-8-15(9-11-17)13(3)4/h8-11,13-14,16,18H,6-7,12H2,1-5H3. The summed E-state index contributed by atoms with van der Waals surface area (Å²) in [7, 11) is 0. The van der Waals surface area contributed by atoms with E-state index < -0.39 is 0 Å². The van der Waals surface area contributed by atoms with Crippen LogP contribution in [0.2, 0.25) is 0 Å². The summed E-state index contributed by atoms with van der Waals surface area (Å²) in [6.45, 7) is 12.4. The van der Waals surface area contributed by atoms with Gasteiger partial charge in [-0.05, 0) is 36.5 Å². The van der Waals surface area contributed by atoms with E-state index in [4.69, 9.17) is 0 Å². The average Bonchev–Trinajstić information content (AvgIpc) is 2.40. The van der Waals surface area contributed by atoms with Gasteiger partial charge in [-0.15, -0.1) is 11.8 Å². The second-order valence-corrected chi connectivity index (χ2v) is 7.09. The van der Waals surface area contributed by atoms with Gasteiger partial charge in [0.15, 0.2) is 0 Å². The van der Waals surface area contributed by atoms with Crippen LogP contribution < -0.4 is 5.32 Å². The van der Waals surface area contributed by atoms with Crippen LogP contribution in [-0.2, 0) is 0 Å². The maximum Gasteiger partial charge on any atom is 0.0191 e. The van der Waals surface area contributed by atoms with Crippen molar-refractivity contribution in [2.45, 2.75) is 69.6 Å². The molecule has 1 aromatic carbocycles. The predicted octanol–water partition coefficient (Wildman–Crippen LogP) is 5.07. The van der Waals surface area contributed by atoms with Gasteiger partial charge in [-0.3, -0.25) is 0 Å². The molecule has 0 saturated heterocycles. The molecule has 0 aromatic heterocycles. The van der Waals surface area contributed by atoms with Crippen molar-refractivity contribution in [3.63, 3.8) is 0 Å². The fraction of sp³-hybridized carbons (Fsp3) is 0.647. The molecule has 0 bridgehead atoms. The molecule has 0 heterocycles. The molecule has 1 atom stereocenters. The number of benzene rings is 1. The Morgan fingerprint density at radius 1 is 1.00 bits per heavy atom. The Balaban J connectivity index is 2.41. The van der Waals surface area contributed by atoms with Crippen LogP contribution in [0.25, 0.3) is 0 Å². The zero-order chi connectivity index (χ0) is 14.3. The summed E-state index contributed by atoms with van der Waals surface area (Å²) in [4.78, 5) is 1.38. The van der Waals surface area contributed by atoms with E-state index in [1.807, 2.05) is 11.8 Å². The molecule has 1 aromatic rings. The van der Waals surface area contributed by atoms with Crippen molar-refractivity contribution >= 4 is 11.8 Å². The van der Waals surface area contributed by atoms with Crippen LogP contribution in [0.3, 0.4) is 0 Å². The number of hydrogen-bond donors (Lipinski definition) is 1. The molecule has 0 spiro atoms. The summed E-state index contributed by atoms with van der Waals surface area (Å²) < 4.78 is 0. The Labute approximate surface area is 123 Å². The highest BCUT2D eigenvalue weighted by Gasteiger charge is 2.08. The van der Waals surface area contributed by atoms with E-state index in [1.165, 1.54) is 23.3 Å². The maximum absolute atomic E-state index is 3.65. The monoisotopic (exact) mass is 279 g/mol. The van der Waals surface area contributed by atoms with Gasteiger partial charge < -0.3 is 5.32 Å². The first kappa shape index (κ1) is 16.6. The van der Waals surface area contributed by atoms with E-state index in [1.54, 1.807) is 0 Å². The summed E-state index contributed by atoms with van der Waals surface area (Å²) in [5, 5.41) is 4.26. The maximum atomic E-state index is 3.65. The van der Waals surface area contributed by atoms with Crippen LogP contribution in [0.5, 0.6) is 0 Å². The number of rotatable bonds is 8. The normalized spacial score (nSPS) is 13.2. The molecule has 2 heteroatoms. The fourth-order valence-electron chi connectivity index (χ4n) is 2.12. The molecule has 108 valence electrons. The first-order valence-electron chi connectivity index (χ1n) is 7.56. The lowest BCUT2D eigenvalue weighted by molar-refractivity contribution is 0.488. The van der Waals surface area contributed by atoms with Crippen molar-refractivity contribution in [2.24, 2.45) is 0 Å². The van der Waals surface area contributed by atoms with E-state index in [-0.39, 0.29) is 0 Å². The molecule has 1 unspecified atom stereocenters. The third kappa shape index (κ3) is 6.01. The third-order valence-electron chi connectivity index (χ3n) is 3.56. The van der Waals surface area contributed by atoms with Gasteiger partial charge in [-0.1, -0.05) is 46.8 Å². The van der Waals surface area contributed by atoms with E-state index in [9.17, 15) is 0 Å². The Bertz CT molecular complexity index is 341. The highest BCUT2D eigenvalue weighted by Crippen LogP contribution is 2.25. The van der Waals surface area contributed by atoms with Gasteiger partial charge in [-0.2, -0.15) is 0 Å². The van der Waals surface area contributed by atoms with E-state index in [0.29, 0.717) is 17.2 Å². The Kier molecular flexibility index (Phi) is 7.55. The van der Waals surface area contributed by atoms with Gasteiger partial charge in [0.1, 0.15) is 0 Å². The lowest BCUT2D eigenvalue weighted by Gasteiger charge is -2.18. The largest absolute Gasteiger partial charge is 0.313 e. The molecular formula is C17H29NS. The zero-order valence-electron chi connectivity index (χ0n) is 13.1. The van der Waals surface area contributed by atoms with Crippen LogP contribution in [0.1, 0.15) is 58.9 Å². The second kappa shape index (κ2) is 8.65.